The highest BCUT2D eigenvalue weighted by Crippen LogP contribution is 2.65. The van der Waals surface area contributed by atoms with Gasteiger partial charge in [-0.1, -0.05) is 74.5 Å². The molecule has 2 aromatic carbocycles. The van der Waals surface area contributed by atoms with Crippen molar-refractivity contribution in [3.8, 4) is 0 Å². The Morgan fingerprint density at radius 3 is 2.24 bits per heavy atom. The average molecular weight is 501 g/mol. The van der Waals surface area contributed by atoms with Crippen molar-refractivity contribution in [2.75, 3.05) is 0 Å². The number of carbonyl (C=O) groups excluding carboxylic acids is 2. The number of aliphatic hydroxyl groups excluding tert-OH is 1. The van der Waals surface area contributed by atoms with E-state index in [-0.39, 0.29) is 46.6 Å². The molecular weight excluding hydrogens is 460 g/mol. The van der Waals surface area contributed by atoms with Crippen molar-refractivity contribution in [3.63, 3.8) is 0 Å². The van der Waals surface area contributed by atoms with Gasteiger partial charge in [-0.25, -0.2) is 0 Å². The molecular formula is C32H40N2O3. The number of fused-ring (bicyclic) bond motifs is 5. The molecule has 0 aromatic heterocycles. The Balaban J connectivity index is 1.26. The van der Waals surface area contributed by atoms with Crippen LogP contribution in [0.5, 0.6) is 0 Å². The fourth-order valence-corrected chi connectivity index (χ4v) is 9.16. The number of nitrogens with one attached hydrogen (secondary N) is 2. The summed E-state index contributed by atoms with van der Waals surface area (Å²) in [5.41, 5.74) is 1.88. The molecule has 3 N–H and O–H groups in total. The van der Waals surface area contributed by atoms with Crippen molar-refractivity contribution in [1.82, 2.24) is 10.6 Å². The van der Waals surface area contributed by atoms with Crippen LogP contribution in [-0.4, -0.2) is 29.1 Å². The molecule has 3 saturated carbocycles. The van der Waals surface area contributed by atoms with Gasteiger partial charge in [0.1, 0.15) is 0 Å². The molecule has 4 aliphatic rings. The molecule has 2 aromatic rings. The van der Waals surface area contributed by atoms with Crippen LogP contribution in [0.25, 0.3) is 0 Å². The SMILES string of the molecule is C[C@]12CCC(=O)N[C@@H]1CC[C@@H]1[C@@H]2[C@H](O)C[C@]2(C)[C@@H](C(=O)NC(c3ccccc3)c3ccccc3)CC[C@@H]12. The first-order valence-corrected chi connectivity index (χ1v) is 14.2. The maximum Gasteiger partial charge on any atom is 0.224 e. The minimum absolute atomic E-state index is 0.0658. The molecule has 1 aliphatic heterocycles. The van der Waals surface area contributed by atoms with Crippen LogP contribution in [0.15, 0.2) is 60.7 Å². The molecule has 2 amide bonds. The molecule has 196 valence electrons. The quantitative estimate of drug-likeness (QED) is 0.553. The van der Waals surface area contributed by atoms with E-state index in [0.717, 1.165) is 43.2 Å². The summed E-state index contributed by atoms with van der Waals surface area (Å²) in [6, 6.07) is 20.4. The van der Waals surface area contributed by atoms with Gasteiger partial charge in [0.05, 0.1) is 12.1 Å². The average Bonchev–Trinajstić information content (AvgIpc) is 3.25. The fraction of sp³-hybridized carbons (Fsp3) is 0.562. The lowest BCUT2D eigenvalue weighted by Crippen LogP contribution is -2.64. The molecule has 0 spiro atoms. The number of rotatable bonds is 4. The second kappa shape index (κ2) is 9.27. The van der Waals surface area contributed by atoms with Gasteiger partial charge >= 0.3 is 0 Å². The van der Waals surface area contributed by atoms with Crippen LogP contribution in [0.4, 0.5) is 0 Å². The third kappa shape index (κ3) is 4.01. The Bertz CT molecular complexity index is 1110. The van der Waals surface area contributed by atoms with Gasteiger partial charge in [-0.05, 0) is 78.2 Å². The van der Waals surface area contributed by atoms with Crippen LogP contribution in [-0.2, 0) is 9.59 Å². The number of benzene rings is 2. The van der Waals surface area contributed by atoms with Crippen LogP contribution < -0.4 is 10.6 Å². The van der Waals surface area contributed by atoms with Crippen LogP contribution >= 0.6 is 0 Å². The zero-order valence-electron chi connectivity index (χ0n) is 22.0. The molecule has 0 radical (unpaired) electrons. The summed E-state index contributed by atoms with van der Waals surface area (Å²) in [5, 5.41) is 18.4. The lowest BCUT2D eigenvalue weighted by molar-refractivity contribution is -0.167. The molecule has 5 nitrogen and oxygen atoms in total. The first-order chi connectivity index (χ1) is 17.8. The monoisotopic (exact) mass is 500 g/mol. The standard InChI is InChI=1S/C32H40N2O3/c1-31-18-17-27(36)33-26(31)16-13-22-23-14-15-24(32(23,2)19-25(35)28(22)31)30(37)34-29(20-9-5-3-6-10-20)21-11-7-4-8-12-21/h3-12,22-26,28-29,35H,13-19H2,1-2H3,(H,33,36)(H,34,37)/t22-,23-,24+,25+,26+,28+,31-,32-/m0/s1. The molecule has 0 bridgehead atoms. The van der Waals surface area contributed by atoms with E-state index in [0.29, 0.717) is 24.7 Å². The maximum absolute atomic E-state index is 14.0. The molecule has 8 atom stereocenters. The first-order valence-electron chi connectivity index (χ1n) is 14.2. The number of hydrogen-bond acceptors (Lipinski definition) is 3. The number of carbonyl (C=O) groups is 2. The summed E-state index contributed by atoms with van der Waals surface area (Å²) in [6.45, 7) is 4.56. The van der Waals surface area contributed by atoms with Crippen molar-refractivity contribution in [3.05, 3.63) is 71.8 Å². The van der Waals surface area contributed by atoms with E-state index < -0.39 is 6.10 Å². The number of aliphatic hydroxyl groups is 1. The summed E-state index contributed by atoms with van der Waals surface area (Å²) in [5.74, 6) is 1.17. The van der Waals surface area contributed by atoms with E-state index in [2.05, 4.69) is 48.7 Å². The van der Waals surface area contributed by atoms with Crippen molar-refractivity contribution >= 4 is 11.8 Å². The number of amides is 2. The van der Waals surface area contributed by atoms with E-state index >= 15 is 0 Å². The highest BCUT2D eigenvalue weighted by molar-refractivity contribution is 5.81. The Labute approximate surface area is 220 Å². The predicted molar refractivity (Wildman–Crippen MR) is 143 cm³/mol. The Morgan fingerprint density at radius 2 is 1.59 bits per heavy atom. The minimum Gasteiger partial charge on any atom is -0.393 e. The minimum atomic E-state index is -0.443. The lowest BCUT2D eigenvalue weighted by Gasteiger charge is -2.61. The molecule has 1 heterocycles. The zero-order chi connectivity index (χ0) is 25.8. The Kier molecular flexibility index (Phi) is 6.18. The lowest BCUT2D eigenvalue weighted by atomic mass is 9.46. The topological polar surface area (TPSA) is 78.4 Å². The molecule has 4 fully saturated rings. The maximum atomic E-state index is 14.0. The molecule has 5 heteroatoms. The van der Waals surface area contributed by atoms with E-state index in [1.165, 1.54) is 0 Å². The zero-order valence-corrected chi connectivity index (χ0v) is 22.0. The molecule has 3 aliphatic carbocycles. The van der Waals surface area contributed by atoms with Gasteiger partial charge < -0.3 is 15.7 Å². The van der Waals surface area contributed by atoms with Crippen molar-refractivity contribution in [2.24, 2.45) is 34.5 Å². The second-order valence-electron chi connectivity index (χ2n) is 12.7. The Hall–Kier alpha value is -2.66. The highest BCUT2D eigenvalue weighted by atomic mass is 16.3. The number of hydrogen-bond donors (Lipinski definition) is 3. The van der Waals surface area contributed by atoms with Crippen molar-refractivity contribution in [2.45, 2.75) is 77.0 Å². The second-order valence-corrected chi connectivity index (χ2v) is 12.7. The van der Waals surface area contributed by atoms with Crippen molar-refractivity contribution in [1.29, 1.82) is 0 Å². The van der Waals surface area contributed by atoms with Gasteiger partial charge in [0.15, 0.2) is 0 Å². The summed E-state index contributed by atoms with van der Waals surface area (Å²) < 4.78 is 0. The summed E-state index contributed by atoms with van der Waals surface area (Å²) in [6.07, 6.45) is 5.53. The van der Waals surface area contributed by atoms with Gasteiger partial charge in [0, 0.05) is 18.4 Å². The molecule has 6 rings (SSSR count). The molecule has 1 saturated heterocycles. The van der Waals surface area contributed by atoms with E-state index in [1.54, 1.807) is 0 Å². The third-order valence-electron chi connectivity index (χ3n) is 10.9. The van der Waals surface area contributed by atoms with Crippen LogP contribution in [0.1, 0.15) is 76.0 Å². The van der Waals surface area contributed by atoms with E-state index in [9.17, 15) is 14.7 Å². The first kappa shape index (κ1) is 24.7. The highest BCUT2D eigenvalue weighted by Gasteiger charge is 2.64. The van der Waals surface area contributed by atoms with Gasteiger partial charge in [0.25, 0.3) is 0 Å². The largest absolute Gasteiger partial charge is 0.393 e. The summed E-state index contributed by atoms with van der Waals surface area (Å²) in [4.78, 5) is 26.1. The van der Waals surface area contributed by atoms with Gasteiger partial charge in [-0.2, -0.15) is 0 Å². The van der Waals surface area contributed by atoms with Crippen LogP contribution in [0.2, 0.25) is 0 Å². The Morgan fingerprint density at radius 1 is 0.946 bits per heavy atom. The summed E-state index contributed by atoms with van der Waals surface area (Å²) in [7, 11) is 0. The fourth-order valence-electron chi connectivity index (χ4n) is 9.16. The van der Waals surface area contributed by atoms with Crippen LogP contribution in [0.3, 0.4) is 0 Å². The normalized spacial score (nSPS) is 38.8. The summed E-state index contributed by atoms with van der Waals surface area (Å²) >= 11 is 0. The molecule has 0 unspecified atom stereocenters. The predicted octanol–water partition coefficient (Wildman–Crippen LogP) is 5.00. The van der Waals surface area contributed by atoms with Gasteiger partial charge in [-0.15, -0.1) is 0 Å². The third-order valence-corrected chi connectivity index (χ3v) is 10.9. The van der Waals surface area contributed by atoms with E-state index in [4.69, 9.17) is 0 Å². The van der Waals surface area contributed by atoms with Gasteiger partial charge in [-0.3, -0.25) is 9.59 Å². The molecule has 37 heavy (non-hydrogen) atoms. The van der Waals surface area contributed by atoms with Gasteiger partial charge in [0.2, 0.25) is 11.8 Å². The van der Waals surface area contributed by atoms with Crippen LogP contribution in [0, 0.1) is 34.5 Å². The van der Waals surface area contributed by atoms with E-state index in [1.807, 2.05) is 36.4 Å². The van der Waals surface area contributed by atoms with Crippen molar-refractivity contribution < 1.29 is 14.7 Å². The smallest absolute Gasteiger partial charge is 0.224 e. The number of piperidine rings is 1.